The number of nitrogens with two attached hydrogens (primary N) is 1. The lowest BCUT2D eigenvalue weighted by Gasteiger charge is -2.08. The summed E-state index contributed by atoms with van der Waals surface area (Å²) >= 11 is 0. The van der Waals surface area contributed by atoms with E-state index >= 15 is 0 Å². The molecular formula is C7H11NO4. The molecule has 0 bridgehead atoms. The van der Waals surface area contributed by atoms with Gasteiger partial charge in [0.15, 0.2) is 0 Å². The van der Waals surface area contributed by atoms with E-state index < -0.39 is 17.5 Å². The van der Waals surface area contributed by atoms with Crippen molar-refractivity contribution in [2.45, 2.75) is 25.3 Å². The first-order valence-corrected chi connectivity index (χ1v) is 3.64. The van der Waals surface area contributed by atoms with Gasteiger partial charge >= 0.3 is 11.9 Å². The van der Waals surface area contributed by atoms with Crippen LogP contribution in [0, 0.1) is 0 Å². The Hall–Kier alpha value is -1.10. The van der Waals surface area contributed by atoms with Gasteiger partial charge in [-0.3, -0.25) is 4.79 Å². The maximum absolute atomic E-state index is 11.0. The molecule has 1 aliphatic carbocycles. The molecule has 2 N–H and O–H groups in total. The Kier molecular flexibility index (Phi) is 2.32. The highest BCUT2D eigenvalue weighted by molar-refractivity contribution is 5.83. The summed E-state index contributed by atoms with van der Waals surface area (Å²) in [4.78, 5) is 21.2. The van der Waals surface area contributed by atoms with Crippen LogP contribution in [0.3, 0.4) is 0 Å². The Labute approximate surface area is 69.8 Å². The van der Waals surface area contributed by atoms with E-state index in [4.69, 9.17) is 5.73 Å². The second kappa shape index (κ2) is 3.10. The van der Waals surface area contributed by atoms with E-state index in [0.29, 0.717) is 12.8 Å². The molecule has 0 saturated heterocycles. The molecule has 1 rings (SSSR count). The molecule has 5 nitrogen and oxygen atoms in total. The van der Waals surface area contributed by atoms with Crippen molar-refractivity contribution >= 4 is 11.9 Å². The maximum Gasteiger partial charge on any atom is 0.328 e. The highest BCUT2D eigenvalue weighted by Gasteiger charge is 2.47. The molecule has 0 heterocycles. The van der Waals surface area contributed by atoms with Gasteiger partial charge in [0.2, 0.25) is 6.79 Å². The van der Waals surface area contributed by atoms with Crippen molar-refractivity contribution in [2.24, 2.45) is 5.73 Å². The monoisotopic (exact) mass is 173 g/mol. The number of esters is 2. The molecule has 68 valence electrons. The van der Waals surface area contributed by atoms with Crippen molar-refractivity contribution in [2.75, 3.05) is 6.79 Å². The fraction of sp³-hybridized carbons (Fsp3) is 0.714. The van der Waals surface area contributed by atoms with Crippen LogP contribution in [0.4, 0.5) is 0 Å². The fourth-order valence-corrected chi connectivity index (χ4v) is 0.648. The highest BCUT2D eigenvalue weighted by Crippen LogP contribution is 2.33. The Morgan fingerprint density at radius 1 is 1.42 bits per heavy atom. The standard InChI is InChI=1S/C7H11NO4/c1-5(9)11-4-12-6(10)7(8)2-3-7/h2-4,8H2,1H3. The third-order valence-electron chi connectivity index (χ3n) is 1.65. The summed E-state index contributed by atoms with van der Waals surface area (Å²) in [5.74, 6) is -0.978. The fourth-order valence-electron chi connectivity index (χ4n) is 0.648. The van der Waals surface area contributed by atoms with Crippen molar-refractivity contribution < 1.29 is 19.1 Å². The zero-order valence-corrected chi connectivity index (χ0v) is 6.83. The first kappa shape index (κ1) is 8.99. The molecule has 0 unspecified atom stereocenters. The van der Waals surface area contributed by atoms with E-state index in [1.807, 2.05) is 0 Å². The summed E-state index contributed by atoms with van der Waals surface area (Å²) in [7, 11) is 0. The van der Waals surface area contributed by atoms with Crippen molar-refractivity contribution in [3.05, 3.63) is 0 Å². The molecule has 1 aliphatic rings. The summed E-state index contributed by atoms with van der Waals surface area (Å²) in [5.41, 5.74) is 4.69. The van der Waals surface area contributed by atoms with E-state index in [9.17, 15) is 9.59 Å². The molecule has 0 atom stereocenters. The van der Waals surface area contributed by atoms with Crippen molar-refractivity contribution in [1.29, 1.82) is 0 Å². The molecular weight excluding hydrogens is 162 g/mol. The summed E-state index contributed by atoms with van der Waals surface area (Å²) in [6.45, 7) is 0.899. The number of carbonyl (C=O) groups is 2. The summed E-state index contributed by atoms with van der Waals surface area (Å²) in [6.07, 6.45) is 1.29. The highest BCUT2D eigenvalue weighted by atomic mass is 16.7. The minimum absolute atomic E-state index is 0.340. The van der Waals surface area contributed by atoms with Crippen LogP contribution in [0.15, 0.2) is 0 Å². The Morgan fingerprint density at radius 3 is 2.42 bits per heavy atom. The molecule has 0 amide bonds. The average Bonchev–Trinajstić information content (AvgIpc) is 2.68. The van der Waals surface area contributed by atoms with Crippen LogP contribution in [0.2, 0.25) is 0 Å². The van der Waals surface area contributed by atoms with Gasteiger partial charge in [0.25, 0.3) is 0 Å². The second-order valence-electron chi connectivity index (χ2n) is 2.84. The van der Waals surface area contributed by atoms with Gasteiger partial charge in [0.1, 0.15) is 5.54 Å². The summed E-state index contributed by atoms with van der Waals surface area (Å²) < 4.78 is 8.97. The summed E-state index contributed by atoms with van der Waals surface area (Å²) in [6, 6.07) is 0. The lowest BCUT2D eigenvalue weighted by atomic mass is 10.3. The van der Waals surface area contributed by atoms with Gasteiger partial charge in [-0.05, 0) is 12.8 Å². The number of hydrogen-bond donors (Lipinski definition) is 1. The quantitative estimate of drug-likeness (QED) is 0.461. The molecule has 0 spiro atoms. The van der Waals surface area contributed by atoms with Gasteiger partial charge in [-0.1, -0.05) is 0 Å². The van der Waals surface area contributed by atoms with Crippen LogP contribution in [-0.2, 0) is 19.1 Å². The lowest BCUT2D eigenvalue weighted by Crippen LogP contribution is -2.35. The molecule has 1 saturated carbocycles. The largest absolute Gasteiger partial charge is 0.428 e. The smallest absolute Gasteiger partial charge is 0.328 e. The van der Waals surface area contributed by atoms with E-state index in [-0.39, 0.29) is 6.79 Å². The van der Waals surface area contributed by atoms with Crippen LogP contribution in [0.25, 0.3) is 0 Å². The van der Waals surface area contributed by atoms with Crippen LogP contribution in [0.1, 0.15) is 19.8 Å². The molecule has 12 heavy (non-hydrogen) atoms. The average molecular weight is 173 g/mol. The lowest BCUT2D eigenvalue weighted by molar-refractivity contribution is -0.167. The normalized spacial score (nSPS) is 18.2. The molecule has 0 aromatic heterocycles. The van der Waals surface area contributed by atoms with E-state index in [1.54, 1.807) is 0 Å². The van der Waals surface area contributed by atoms with Crippen LogP contribution in [-0.4, -0.2) is 24.3 Å². The Morgan fingerprint density at radius 2 is 2.00 bits per heavy atom. The van der Waals surface area contributed by atoms with Crippen molar-refractivity contribution in [3.63, 3.8) is 0 Å². The summed E-state index contributed by atoms with van der Waals surface area (Å²) in [5, 5.41) is 0. The zero-order chi connectivity index (χ0) is 9.19. The van der Waals surface area contributed by atoms with Crippen LogP contribution in [0.5, 0.6) is 0 Å². The van der Waals surface area contributed by atoms with Gasteiger partial charge < -0.3 is 15.2 Å². The molecule has 1 fully saturated rings. The minimum Gasteiger partial charge on any atom is -0.428 e. The van der Waals surface area contributed by atoms with Crippen LogP contribution < -0.4 is 5.73 Å². The second-order valence-corrected chi connectivity index (χ2v) is 2.84. The maximum atomic E-state index is 11.0. The SMILES string of the molecule is CC(=O)OCOC(=O)C1(N)CC1. The van der Waals surface area contributed by atoms with Gasteiger partial charge in [-0.15, -0.1) is 0 Å². The molecule has 5 heteroatoms. The van der Waals surface area contributed by atoms with Crippen molar-refractivity contribution in [3.8, 4) is 0 Å². The molecule has 0 aromatic carbocycles. The van der Waals surface area contributed by atoms with E-state index in [2.05, 4.69) is 9.47 Å². The van der Waals surface area contributed by atoms with Crippen molar-refractivity contribution in [1.82, 2.24) is 0 Å². The Bertz CT molecular complexity index is 209. The van der Waals surface area contributed by atoms with Crippen LogP contribution >= 0.6 is 0 Å². The van der Waals surface area contributed by atoms with Gasteiger partial charge in [-0.2, -0.15) is 0 Å². The third-order valence-corrected chi connectivity index (χ3v) is 1.65. The molecule has 0 aromatic rings. The minimum atomic E-state index is -0.805. The van der Waals surface area contributed by atoms with E-state index in [1.165, 1.54) is 6.92 Å². The van der Waals surface area contributed by atoms with Gasteiger partial charge in [0, 0.05) is 6.92 Å². The zero-order valence-electron chi connectivity index (χ0n) is 6.83. The van der Waals surface area contributed by atoms with Gasteiger partial charge in [-0.25, -0.2) is 4.79 Å². The number of ether oxygens (including phenoxy) is 2. The van der Waals surface area contributed by atoms with E-state index in [0.717, 1.165) is 0 Å². The first-order chi connectivity index (χ1) is 5.54. The predicted molar refractivity (Wildman–Crippen MR) is 38.9 cm³/mol. The molecule has 0 aliphatic heterocycles. The third kappa shape index (κ3) is 2.20. The number of carbonyl (C=O) groups excluding carboxylic acids is 2. The number of rotatable bonds is 3. The number of hydrogen-bond acceptors (Lipinski definition) is 5. The first-order valence-electron chi connectivity index (χ1n) is 3.64. The predicted octanol–water partition coefficient (Wildman–Crippen LogP) is -0.459. The molecule has 0 radical (unpaired) electrons. The Balaban J connectivity index is 2.15. The van der Waals surface area contributed by atoms with Gasteiger partial charge in [0.05, 0.1) is 0 Å². The topological polar surface area (TPSA) is 78.6 Å².